The third-order valence-electron chi connectivity index (χ3n) is 4.26. The first-order valence-corrected chi connectivity index (χ1v) is 8.13. The summed E-state index contributed by atoms with van der Waals surface area (Å²) in [6, 6.07) is 13.2. The fourth-order valence-corrected chi connectivity index (χ4v) is 2.69. The highest BCUT2D eigenvalue weighted by Gasteiger charge is 2.23. The van der Waals surface area contributed by atoms with Crippen LogP contribution in [0.2, 0.25) is 0 Å². The van der Waals surface area contributed by atoms with Crippen LogP contribution in [-0.4, -0.2) is 21.0 Å². The van der Waals surface area contributed by atoms with Crippen LogP contribution in [-0.2, 0) is 16.1 Å². The zero-order chi connectivity index (χ0) is 17.1. The number of aryl methyl sites for hydroxylation is 2. The molecule has 3 rings (SSSR count). The molecule has 0 spiro atoms. The normalized spacial score (nSPS) is 12.3. The van der Waals surface area contributed by atoms with E-state index >= 15 is 0 Å². The van der Waals surface area contributed by atoms with Crippen molar-refractivity contribution in [2.75, 3.05) is 0 Å². The Balaban J connectivity index is 1.83. The van der Waals surface area contributed by atoms with E-state index in [1.165, 1.54) is 0 Å². The molecule has 124 valence electrons. The van der Waals surface area contributed by atoms with Crippen molar-refractivity contribution in [2.24, 2.45) is 0 Å². The highest BCUT2D eigenvalue weighted by Crippen LogP contribution is 2.22. The average Bonchev–Trinajstić information content (AvgIpc) is 2.98. The molecule has 0 aliphatic carbocycles. The van der Waals surface area contributed by atoms with Crippen LogP contribution in [0.1, 0.15) is 36.1 Å². The molecule has 5 nitrogen and oxygen atoms in total. The average molecular weight is 323 g/mol. The molecule has 0 aliphatic heterocycles. The summed E-state index contributed by atoms with van der Waals surface area (Å²) < 4.78 is 7.16. The number of hydrogen-bond donors (Lipinski definition) is 0. The molecule has 0 bridgehead atoms. The van der Waals surface area contributed by atoms with Crippen LogP contribution in [0.3, 0.4) is 0 Å². The number of fused-ring (bicyclic) bond motifs is 1. The summed E-state index contributed by atoms with van der Waals surface area (Å²) in [5.41, 5.74) is 4.94. The van der Waals surface area contributed by atoms with Gasteiger partial charge in [0.15, 0.2) is 6.04 Å². The molecule has 0 saturated carbocycles. The molecule has 1 atom stereocenters. The second-order valence-corrected chi connectivity index (χ2v) is 5.98. The van der Waals surface area contributed by atoms with E-state index in [1.54, 1.807) is 4.68 Å². The monoisotopic (exact) mass is 323 g/mol. The molecule has 0 fully saturated rings. The summed E-state index contributed by atoms with van der Waals surface area (Å²) in [5, 5.41) is 8.39. The minimum atomic E-state index is -0.471. The maximum absolute atomic E-state index is 12.5. The molecule has 0 aliphatic rings. The minimum Gasteiger partial charge on any atom is -0.459 e. The van der Waals surface area contributed by atoms with Gasteiger partial charge < -0.3 is 4.74 Å². The second kappa shape index (κ2) is 6.83. The van der Waals surface area contributed by atoms with E-state index < -0.39 is 6.04 Å². The van der Waals surface area contributed by atoms with Gasteiger partial charge in [-0.25, -0.2) is 9.48 Å². The van der Waals surface area contributed by atoms with Crippen molar-refractivity contribution >= 4 is 17.0 Å². The Morgan fingerprint density at radius 3 is 2.58 bits per heavy atom. The summed E-state index contributed by atoms with van der Waals surface area (Å²) in [4.78, 5) is 12.5. The Labute approximate surface area is 141 Å². The Hall–Kier alpha value is -2.69. The lowest BCUT2D eigenvalue weighted by Crippen LogP contribution is -2.22. The first-order valence-electron chi connectivity index (χ1n) is 8.13. The summed E-state index contributed by atoms with van der Waals surface area (Å²) in [6.45, 7) is 6.30. The molecule has 1 aromatic heterocycles. The first kappa shape index (κ1) is 16.2. The van der Waals surface area contributed by atoms with Crippen LogP contribution in [0.5, 0.6) is 0 Å². The molecule has 24 heavy (non-hydrogen) atoms. The van der Waals surface area contributed by atoms with Crippen molar-refractivity contribution in [2.45, 2.75) is 39.8 Å². The molecule has 3 aromatic rings. The van der Waals surface area contributed by atoms with E-state index in [2.05, 4.69) is 10.3 Å². The van der Waals surface area contributed by atoms with Gasteiger partial charge in [0.05, 0.1) is 5.52 Å². The van der Waals surface area contributed by atoms with Gasteiger partial charge in [-0.3, -0.25) is 0 Å². The zero-order valence-electron chi connectivity index (χ0n) is 14.2. The topological polar surface area (TPSA) is 57.0 Å². The smallest absolute Gasteiger partial charge is 0.331 e. The van der Waals surface area contributed by atoms with Gasteiger partial charge in [-0.05, 0) is 49.1 Å². The van der Waals surface area contributed by atoms with E-state index in [0.29, 0.717) is 6.42 Å². The number of nitrogens with zero attached hydrogens (tertiary/aromatic N) is 3. The lowest BCUT2D eigenvalue weighted by Gasteiger charge is -2.15. The minimum absolute atomic E-state index is 0.265. The fourth-order valence-electron chi connectivity index (χ4n) is 2.69. The van der Waals surface area contributed by atoms with E-state index in [9.17, 15) is 4.79 Å². The number of carbonyl (C=O) groups is 1. The molecule has 1 unspecified atom stereocenters. The van der Waals surface area contributed by atoms with Gasteiger partial charge >= 0.3 is 5.97 Å². The van der Waals surface area contributed by atoms with Crippen molar-refractivity contribution in [3.05, 3.63) is 59.2 Å². The molecular weight excluding hydrogens is 302 g/mol. The number of benzene rings is 2. The predicted molar refractivity (Wildman–Crippen MR) is 92.6 cm³/mol. The third-order valence-corrected chi connectivity index (χ3v) is 4.26. The van der Waals surface area contributed by atoms with E-state index in [1.807, 2.05) is 63.2 Å². The largest absolute Gasteiger partial charge is 0.459 e. The molecular formula is C19H21N3O2. The van der Waals surface area contributed by atoms with Crippen LogP contribution < -0.4 is 0 Å². The van der Waals surface area contributed by atoms with Gasteiger partial charge in [0, 0.05) is 0 Å². The van der Waals surface area contributed by atoms with Crippen LogP contribution in [0.15, 0.2) is 42.5 Å². The van der Waals surface area contributed by atoms with E-state index in [-0.39, 0.29) is 12.6 Å². The van der Waals surface area contributed by atoms with Crippen molar-refractivity contribution in [1.82, 2.24) is 15.0 Å². The standard InChI is InChI=1S/C19H21N3O2/c1-4-17(19(23)24-12-15-8-6-5-7-9-15)22-18-11-14(3)13(2)10-16(18)20-21-22/h5-11,17H,4,12H2,1-3H3. The number of hydrogen-bond acceptors (Lipinski definition) is 4. The summed E-state index contributed by atoms with van der Waals surface area (Å²) in [6.07, 6.45) is 0.596. The quantitative estimate of drug-likeness (QED) is 0.671. The molecule has 5 heteroatoms. The number of aromatic nitrogens is 3. The van der Waals surface area contributed by atoms with Gasteiger partial charge in [0.1, 0.15) is 12.1 Å². The van der Waals surface area contributed by atoms with Gasteiger partial charge in [-0.1, -0.05) is 42.5 Å². The molecule has 0 saturated heterocycles. The highest BCUT2D eigenvalue weighted by molar-refractivity contribution is 5.80. The Kier molecular flexibility index (Phi) is 4.60. The van der Waals surface area contributed by atoms with Crippen LogP contribution in [0, 0.1) is 13.8 Å². The third kappa shape index (κ3) is 3.15. The van der Waals surface area contributed by atoms with Crippen molar-refractivity contribution < 1.29 is 9.53 Å². The van der Waals surface area contributed by atoms with E-state index in [0.717, 1.165) is 27.7 Å². The van der Waals surface area contributed by atoms with Crippen LogP contribution in [0.4, 0.5) is 0 Å². The highest BCUT2D eigenvalue weighted by atomic mass is 16.5. The summed E-state index contributed by atoms with van der Waals surface area (Å²) in [5.74, 6) is -0.286. The summed E-state index contributed by atoms with van der Waals surface area (Å²) in [7, 11) is 0. The lowest BCUT2D eigenvalue weighted by atomic mass is 10.1. The van der Waals surface area contributed by atoms with Crippen molar-refractivity contribution in [3.63, 3.8) is 0 Å². The maximum Gasteiger partial charge on any atom is 0.331 e. The second-order valence-electron chi connectivity index (χ2n) is 5.98. The molecule has 2 aromatic carbocycles. The van der Waals surface area contributed by atoms with E-state index in [4.69, 9.17) is 4.74 Å². The SMILES string of the molecule is CCC(C(=O)OCc1ccccc1)n1nnc2cc(C)c(C)cc21. The molecule has 0 radical (unpaired) electrons. The van der Waals surface area contributed by atoms with Crippen LogP contribution in [0.25, 0.3) is 11.0 Å². The first-order chi connectivity index (χ1) is 11.6. The van der Waals surface area contributed by atoms with Crippen molar-refractivity contribution in [3.8, 4) is 0 Å². The summed E-state index contributed by atoms with van der Waals surface area (Å²) >= 11 is 0. The number of esters is 1. The van der Waals surface area contributed by atoms with Crippen molar-refractivity contribution in [1.29, 1.82) is 0 Å². The number of carbonyl (C=O) groups excluding carboxylic acids is 1. The lowest BCUT2D eigenvalue weighted by molar-refractivity contribution is -0.149. The zero-order valence-corrected chi connectivity index (χ0v) is 14.2. The molecule has 0 amide bonds. The maximum atomic E-state index is 12.5. The molecule has 0 N–H and O–H groups in total. The van der Waals surface area contributed by atoms with Gasteiger partial charge in [-0.15, -0.1) is 5.10 Å². The van der Waals surface area contributed by atoms with Crippen LogP contribution >= 0.6 is 0 Å². The van der Waals surface area contributed by atoms with Gasteiger partial charge in [0.2, 0.25) is 0 Å². The predicted octanol–water partition coefficient (Wildman–Crippen LogP) is 3.74. The Morgan fingerprint density at radius 2 is 1.88 bits per heavy atom. The Morgan fingerprint density at radius 1 is 1.17 bits per heavy atom. The van der Waals surface area contributed by atoms with Gasteiger partial charge in [-0.2, -0.15) is 0 Å². The van der Waals surface area contributed by atoms with Gasteiger partial charge in [0.25, 0.3) is 0 Å². The molecule has 1 heterocycles. The number of ether oxygens (including phenoxy) is 1. The number of rotatable bonds is 5. The fraction of sp³-hybridized carbons (Fsp3) is 0.316. The Bertz CT molecular complexity index is 856.